The fourth-order valence-corrected chi connectivity index (χ4v) is 3.41. The highest BCUT2D eigenvalue weighted by Gasteiger charge is 2.20. The minimum absolute atomic E-state index is 0.00660. The summed E-state index contributed by atoms with van der Waals surface area (Å²) < 4.78 is 5.78. The molecule has 0 aliphatic carbocycles. The van der Waals surface area contributed by atoms with Gasteiger partial charge in [0, 0.05) is 23.2 Å². The number of nitrogens with two attached hydrogens (primary N) is 1. The predicted molar refractivity (Wildman–Crippen MR) is 112 cm³/mol. The lowest BCUT2D eigenvalue weighted by molar-refractivity contribution is 0.100. The molecule has 0 spiro atoms. The molecule has 4 heterocycles. The van der Waals surface area contributed by atoms with Crippen molar-refractivity contribution in [1.29, 1.82) is 0 Å². The van der Waals surface area contributed by atoms with Gasteiger partial charge in [0.25, 0.3) is 5.91 Å². The number of H-pyrrole nitrogens is 1. The van der Waals surface area contributed by atoms with Crippen LogP contribution in [0.5, 0.6) is 0 Å². The van der Waals surface area contributed by atoms with Gasteiger partial charge < -0.3 is 15.1 Å². The lowest BCUT2D eigenvalue weighted by Gasteiger charge is -2.10. The zero-order valence-corrected chi connectivity index (χ0v) is 15.8. The minimum Gasteiger partial charge on any atom is -0.460 e. The second-order valence-electron chi connectivity index (χ2n) is 6.85. The van der Waals surface area contributed by atoms with E-state index in [2.05, 4.69) is 19.9 Å². The first kappa shape index (κ1) is 17.7. The van der Waals surface area contributed by atoms with E-state index in [1.54, 1.807) is 12.3 Å². The molecule has 4 aromatic heterocycles. The van der Waals surface area contributed by atoms with Gasteiger partial charge in [-0.15, -0.1) is 0 Å². The lowest BCUT2D eigenvalue weighted by atomic mass is 10.0. The summed E-state index contributed by atoms with van der Waals surface area (Å²) in [6.07, 6.45) is 1.73. The summed E-state index contributed by atoms with van der Waals surface area (Å²) in [7, 11) is 0. The molecule has 0 atom stereocenters. The summed E-state index contributed by atoms with van der Waals surface area (Å²) in [5.74, 6) is 0.448. The van der Waals surface area contributed by atoms with Crippen LogP contribution in [-0.2, 0) is 0 Å². The van der Waals surface area contributed by atoms with Gasteiger partial charge in [-0.1, -0.05) is 12.1 Å². The Morgan fingerprint density at radius 1 is 1.07 bits per heavy atom. The minimum atomic E-state index is -0.754. The maximum Gasteiger partial charge on any atom is 0.251 e. The van der Waals surface area contributed by atoms with Gasteiger partial charge in [0.05, 0.1) is 11.1 Å². The lowest BCUT2D eigenvalue weighted by Crippen LogP contribution is -2.18. The molecule has 0 saturated carbocycles. The topological polar surface area (TPSA) is 128 Å². The average Bonchev–Trinajstić information content (AvgIpc) is 3.18. The van der Waals surface area contributed by atoms with Crippen molar-refractivity contribution in [3.63, 3.8) is 0 Å². The normalized spacial score (nSPS) is 11.2. The number of carbonyl (C=O) groups excluding carboxylic acids is 1. The highest BCUT2D eigenvalue weighted by atomic mass is 16.3. The number of primary amides is 1. The Hall–Kier alpha value is -4.33. The van der Waals surface area contributed by atoms with Gasteiger partial charge >= 0.3 is 0 Å². The third-order valence-corrected chi connectivity index (χ3v) is 4.78. The van der Waals surface area contributed by atoms with Crippen molar-refractivity contribution in [2.24, 2.45) is 5.73 Å². The maximum absolute atomic E-state index is 12.0. The highest BCUT2D eigenvalue weighted by molar-refractivity contribution is 6.04. The van der Waals surface area contributed by atoms with Crippen LogP contribution in [0, 0.1) is 6.92 Å². The molecule has 3 N–H and O–H groups in total. The van der Waals surface area contributed by atoms with Crippen LogP contribution in [-0.4, -0.2) is 25.8 Å². The van der Waals surface area contributed by atoms with Crippen LogP contribution >= 0.6 is 0 Å². The average molecular weight is 397 g/mol. The van der Waals surface area contributed by atoms with Gasteiger partial charge in [0.2, 0.25) is 5.56 Å². The van der Waals surface area contributed by atoms with Crippen molar-refractivity contribution in [3.05, 3.63) is 76.4 Å². The molecule has 5 rings (SSSR count). The van der Waals surface area contributed by atoms with E-state index < -0.39 is 11.5 Å². The van der Waals surface area contributed by atoms with Gasteiger partial charge in [-0.05, 0) is 37.3 Å². The number of fused-ring (bicyclic) bond motifs is 2. The standard InChI is InChI=1S/C22H15N5O3/c1-11-4-7-16(30-11)20-18(13-5-6-15-12(9-13)3-2-8-24-15)26-19-14(21(23)29)10-17(28)25-22(19)27-20/h2-10H,1H3,(H2,23,29)(H,25,27,28). The molecule has 1 aromatic carbocycles. The summed E-state index contributed by atoms with van der Waals surface area (Å²) in [6.45, 7) is 1.83. The van der Waals surface area contributed by atoms with E-state index in [9.17, 15) is 9.59 Å². The third kappa shape index (κ3) is 2.91. The van der Waals surface area contributed by atoms with Crippen molar-refractivity contribution >= 4 is 28.0 Å². The number of amides is 1. The quantitative estimate of drug-likeness (QED) is 0.481. The first-order valence-electron chi connectivity index (χ1n) is 9.16. The molecule has 8 nitrogen and oxygen atoms in total. The molecule has 146 valence electrons. The molecule has 30 heavy (non-hydrogen) atoms. The van der Waals surface area contributed by atoms with Gasteiger partial charge in [0.1, 0.15) is 22.7 Å². The molecule has 0 saturated heterocycles. The molecule has 1 amide bonds. The molecule has 5 aromatic rings. The highest BCUT2D eigenvalue weighted by Crippen LogP contribution is 2.33. The van der Waals surface area contributed by atoms with E-state index in [0.717, 1.165) is 22.5 Å². The number of furan rings is 1. The molecule has 0 aliphatic heterocycles. The van der Waals surface area contributed by atoms with Crippen LogP contribution in [0.15, 0.2) is 63.9 Å². The number of nitrogens with zero attached hydrogens (tertiary/aromatic N) is 3. The fraction of sp³-hybridized carbons (Fsp3) is 0.0455. The van der Waals surface area contributed by atoms with E-state index in [1.165, 1.54) is 0 Å². The van der Waals surface area contributed by atoms with Crippen molar-refractivity contribution < 1.29 is 9.21 Å². The Morgan fingerprint density at radius 3 is 2.70 bits per heavy atom. The van der Waals surface area contributed by atoms with E-state index in [1.807, 2.05) is 43.3 Å². The second kappa shape index (κ2) is 6.63. The Labute approximate surface area is 169 Å². The number of nitrogens with one attached hydrogen (secondary N) is 1. The zero-order chi connectivity index (χ0) is 20.8. The Balaban J connectivity index is 1.87. The number of benzene rings is 1. The van der Waals surface area contributed by atoms with Crippen LogP contribution in [0.4, 0.5) is 0 Å². The summed E-state index contributed by atoms with van der Waals surface area (Å²) in [4.78, 5) is 40.2. The van der Waals surface area contributed by atoms with Crippen molar-refractivity contribution in [2.45, 2.75) is 6.92 Å². The number of aromatic amines is 1. The Kier molecular flexibility index (Phi) is 3.92. The summed E-state index contributed by atoms with van der Waals surface area (Å²) in [5.41, 5.74) is 7.91. The second-order valence-corrected chi connectivity index (χ2v) is 6.85. The van der Waals surface area contributed by atoms with E-state index in [4.69, 9.17) is 10.2 Å². The van der Waals surface area contributed by atoms with Crippen LogP contribution < -0.4 is 11.3 Å². The van der Waals surface area contributed by atoms with E-state index in [0.29, 0.717) is 22.9 Å². The maximum atomic E-state index is 12.0. The van der Waals surface area contributed by atoms with Gasteiger partial charge in [-0.3, -0.25) is 14.6 Å². The van der Waals surface area contributed by atoms with Gasteiger partial charge in [-0.2, -0.15) is 0 Å². The van der Waals surface area contributed by atoms with E-state index in [-0.39, 0.29) is 16.7 Å². The number of aryl methyl sites for hydroxylation is 1. The van der Waals surface area contributed by atoms with Gasteiger partial charge in [-0.25, -0.2) is 9.97 Å². The first-order valence-corrected chi connectivity index (χ1v) is 9.16. The molecular formula is C22H15N5O3. The van der Waals surface area contributed by atoms with Crippen LogP contribution in [0.3, 0.4) is 0 Å². The van der Waals surface area contributed by atoms with Crippen LogP contribution in [0.2, 0.25) is 0 Å². The third-order valence-electron chi connectivity index (χ3n) is 4.78. The molecule has 0 aliphatic rings. The van der Waals surface area contributed by atoms with Crippen LogP contribution in [0.1, 0.15) is 16.1 Å². The molecule has 8 heteroatoms. The smallest absolute Gasteiger partial charge is 0.251 e. The molecule has 0 radical (unpaired) electrons. The monoisotopic (exact) mass is 397 g/mol. The molecule has 0 fully saturated rings. The molecule has 0 unspecified atom stereocenters. The molecular weight excluding hydrogens is 382 g/mol. The predicted octanol–water partition coefficient (Wildman–Crippen LogP) is 3.20. The SMILES string of the molecule is Cc1ccc(-c2nc3[nH]c(=O)cc(C(N)=O)c3nc2-c2ccc3ncccc3c2)o1. The Bertz CT molecular complexity index is 1520. The van der Waals surface area contributed by atoms with Crippen molar-refractivity contribution in [2.75, 3.05) is 0 Å². The number of hydrogen-bond donors (Lipinski definition) is 2. The van der Waals surface area contributed by atoms with E-state index >= 15 is 0 Å². The molecule has 0 bridgehead atoms. The summed E-state index contributed by atoms with van der Waals surface area (Å²) >= 11 is 0. The Morgan fingerprint density at radius 2 is 1.93 bits per heavy atom. The van der Waals surface area contributed by atoms with Gasteiger partial charge in [0.15, 0.2) is 11.4 Å². The van der Waals surface area contributed by atoms with Crippen LogP contribution in [0.25, 0.3) is 44.8 Å². The fourth-order valence-electron chi connectivity index (χ4n) is 3.41. The number of rotatable bonds is 3. The number of hydrogen-bond acceptors (Lipinski definition) is 6. The zero-order valence-electron chi connectivity index (χ0n) is 15.8. The summed E-state index contributed by atoms with van der Waals surface area (Å²) in [6, 6.07) is 14.2. The number of carbonyl (C=O) groups is 1. The summed E-state index contributed by atoms with van der Waals surface area (Å²) in [5, 5.41) is 0.926. The van der Waals surface area contributed by atoms with Crippen molar-refractivity contribution in [1.82, 2.24) is 19.9 Å². The largest absolute Gasteiger partial charge is 0.460 e. The number of aromatic nitrogens is 4. The van der Waals surface area contributed by atoms with Crippen molar-refractivity contribution in [3.8, 4) is 22.7 Å². The number of pyridine rings is 2. The first-order chi connectivity index (χ1) is 14.5.